The van der Waals surface area contributed by atoms with Crippen LogP contribution in [0.2, 0.25) is 0 Å². The van der Waals surface area contributed by atoms with E-state index in [0.717, 1.165) is 27.6 Å². The van der Waals surface area contributed by atoms with E-state index in [4.69, 9.17) is 18.0 Å². The molecule has 1 saturated heterocycles. The van der Waals surface area contributed by atoms with Crippen molar-refractivity contribution in [1.29, 1.82) is 0 Å². The van der Waals surface area contributed by atoms with Crippen LogP contribution in [-0.2, 0) is 4.79 Å². The van der Waals surface area contributed by atoms with Crippen molar-refractivity contribution in [2.24, 2.45) is 0 Å². The summed E-state index contributed by atoms with van der Waals surface area (Å²) in [5.41, 5.74) is 10.8. The number of nitrogens with one attached hydrogen (secondary N) is 2. The molecule has 0 atom stereocenters. The number of amides is 1. The Kier molecular flexibility index (Phi) is 3.63. The van der Waals surface area contributed by atoms with Crippen LogP contribution in [0.1, 0.15) is 5.56 Å². The topological polar surface area (TPSA) is 70.9 Å². The standard InChI is InChI=1S/C18H13N3OS2/c19-14-9-13(8-12-4-5-20-16(12)14)11-3-1-2-10(6-11)7-15-17(22)21-18(23)24-15/h1-9,20H,19H2,(H,21,22,23). The zero-order valence-corrected chi connectivity index (χ0v) is 14.1. The van der Waals surface area contributed by atoms with E-state index in [-0.39, 0.29) is 5.91 Å². The molecule has 0 unspecified atom stereocenters. The van der Waals surface area contributed by atoms with E-state index in [1.54, 1.807) is 0 Å². The lowest BCUT2D eigenvalue weighted by Gasteiger charge is -2.06. The average Bonchev–Trinajstić information content (AvgIpc) is 3.14. The average molecular weight is 351 g/mol. The number of anilines is 1. The summed E-state index contributed by atoms with van der Waals surface area (Å²) in [7, 11) is 0. The molecule has 6 heteroatoms. The summed E-state index contributed by atoms with van der Waals surface area (Å²) in [6.07, 6.45) is 3.73. The van der Waals surface area contributed by atoms with E-state index in [0.29, 0.717) is 14.9 Å². The first kappa shape index (κ1) is 15.0. The van der Waals surface area contributed by atoms with Gasteiger partial charge in [-0.15, -0.1) is 0 Å². The van der Waals surface area contributed by atoms with Crippen LogP contribution in [0, 0.1) is 0 Å². The number of aromatic nitrogens is 1. The molecule has 1 amide bonds. The van der Waals surface area contributed by atoms with Crippen LogP contribution in [0.3, 0.4) is 0 Å². The van der Waals surface area contributed by atoms with E-state index in [2.05, 4.69) is 16.4 Å². The zero-order valence-electron chi connectivity index (χ0n) is 12.5. The molecule has 0 bridgehead atoms. The van der Waals surface area contributed by atoms with Crippen LogP contribution >= 0.6 is 24.0 Å². The van der Waals surface area contributed by atoms with Gasteiger partial charge in [0.15, 0.2) is 0 Å². The number of hydrogen-bond donors (Lipinski definition) is 3. The maximum atomic E-state index is 11.8. The van der Waals surface area contributed by atoms with Gasteiger partial charge < -0.3 is 16.0 Å². The quantitative estimate of drug-likeness (QED) is 0.372. The van der Waals surface area contributed by atoms with Crippen LogP contribution < -0.4 is 11.1 Å². The van der Waals surface area contributed by atoms with Crippen molar-refractivity contribution in [3.8, 4) is 11.1 Å². The minimum atomic E-state index is -0.145. The lowest BCUT2D eigenvalue weighted by molar-refractivity contribution is -0.115. The van der Waals surface area contributed by atoms with Crippen molar-refractivity contribution in [1.82, 2.24) is 10.3 Å². The summed E-state index contributed by atoms with van der Waals surface area (Å²) in [6, 6.07) is 14.1. The van der Waals surface area contributed by atoms with Gasteiger partial charge in [0.05, 0.1) is 16.1 Å². The summed E-state index contributed by atoms with van der Waals surface area (Å²) in [5.74, 6) is -0.145. The number of thiocarbonyl (C=S) groups is 1. The van der Waals surface area contributed by atoms with Crippen LogP contribution in [0.4, 0.5) is 5.69 Å². The van der Waals surface area contributed by atoms with Crippen molar-refractivity contribution in [3.63, 3.8) is 0 Å². The third kappa shape index (κ3) is 2.70. The number of aromatic amines is 1. The van der Waals surface area contributed by atoms with Crippen LogP contribution in [-0.4, -0.2) is 15.2 Å². The molecule has 1 aliphatic heterocycles. The number of nitrogen functional groups attached to an aromatic ring is 1. The normalized spacial score (nSPS) is 16.1. The molecular formula is C18H13N3OS2. The molecule has 118 valence electrons. The Hall–Kier alpha value is -2.57. The van der Waals surface area contributed by atoms with Gasteiger partial charge in [0.2, 0.25) is 0 Å². The molecule has 4 N–H and O–H groups in total. The van der Waals surface area contributed by atoms with Crippen molar-refractivity contribution in [3.05, 3.63) is 59.1 Å². The second-order valence-corrected chi connectivity index (χ2v) is 7.20. The predicted octanol–water partition coefficient (Wildman–Crippen LogP) is 3.91. The van der Waals surface area contributed by atoms with E-state index in [1.165, 1.54) is 11.8 Å². The summed E-state index contributed by atoms with van der Waals surface area (Å²) in [4.78, 5) is 15.5. The Morgan fingerprint density at radius 2 is 2.00 bits per heavy atom. The minimum Gasteiger partial charge on any atom is -0.397 e. The smallest absolute Gasteiger partial charge is 0.263 e. The van der Waals surface area contributed by atoms with Gasteiger partial charge in [-0.25, -0.2) is 0 Å². The first-order valence-electron chi connectivity index (χ1n) is 7.32. The molecule has 4 nitrogen and oxygen atoms in total. The maximum Gasteiger partial charge on any atom is 0.263 e. The highest BCUT2D eigenvalue weighted by molar-refractivity contribution is 8.26. The number of benzene rings is 2. The molecule has 0 saturated carbocycles. The number of carbonyl (C=O) groups excluding carboxylic acids is 1. The van der Waals surface area contributed by atoms with Crippen LogP contribution in [0.25, 0.3) is 28.1 Å². The molecule has 3 aromatic rings. The Labute approximate surface area is 148 Å². The van der Waals surface area contributed by atoms with Gasteiger partial charge in [0, 0.05) is 11.6 Å². The number of hydrogen-bond acceptors (Lipinski definition) is 4. The van der Waals surface area contributed by atoms with Gasteiger partial charge in [0.1, 0.15) is 4.32 Å². The number of fused-ring (bicyclic) bond motifs is 1. The summed E-state index contributed by atoms with van der Waals surface area (Å²) < 4.78 is 0.494. The molecule has 2 heterocycles. The molecule has 0 radical (unpaired) electrons. The second-order valence-electron chi connectivity index (χ2n) is 5.49. The first-order valence-corrected chi connectivity index (χ1v) is 8.54. The number of thioether (sulfide) groups is 1. The van der Waals surface area contributed by atoms with Crippen molar-refractivity contribution < 1.29 is 4.79 Å². The highest BCUT2D eigenvalue weighted by Crippen LogP contribution is 2.31. The molecule has 1 aromatic heterocycles. The summed E-state index contributed by atoms with van der Waals surface area (Å²) in [6.45, 7) is 0. The molecule has 1 fully saturated rings. The van der Waals surface area contributed by atoms with E-state index in [9.17, 15) is 4.79 Å². The molecule has 0 spiro atoms. The number of rotatable bonds is 2. The summed E-state index contributed by atoms with van der Waals surface area (Å²) in [5, 5.41) is 3.70. The first-order chi connectivity index (χ1) is 11.6. The fourth-order valence-electron chi connectivity index (χ4n) is 2.75. The van der Waals surface area contributed by atoms with Crippen LogP contribution in [0.15, 0.2) is 53.6 Å². The van der Waals surface area contributed by atoms with Crippen molar-refractivity contribution in [2.75, 3.05) is 5.73 Å². The van der Waals surface area contributed by atoms with E-state index < -0.39 is 0 Å². The van der Waals surface area contributed by atoms with Crippen molar-refractivity contribution in [2.45, 2.75) is 0 Å². The minimum absolute atomic E-state index is 0.145. The molecule has 2 aromatic carbocycles. The highest BCUT2D eigenvalue weighted by atomic mass is 32.2. The number of carbonyl (C=O) groups is 1. The van der Waals surface area contributed by atoms with Gasteiger partial charge in [-0.1, -0.05) is 42.2 Å². The largest absolute Gasteiger partial charge is 0.397 e. The van der Waals surface area contributed by atoms with Gasteiger partial charge >= 0.3 is 0 Å². The monoisotopic (exact) mass is 351 g/mol. The fraction of sp³-hybridized carbons (Fsp3) is 0. The molecule has 1 aliphatic rings. The SMILES string of the molecule is Nc1cc(-c2cccc(C=C3SC(=S)NC3=O)c2)cc2cc[nH]c12. The van der Waals surface area contributed by atoms with Gasteiger partial charge in [-0.3, -0.25) is 4.79 Å². The third-order valence-electron chi connectivity index (χ3n) is 3.85. The molecule has 4 rings (SSSR count). The van der Waals surface area contributed by atoms with Crippen LogP contribution in [0.5, 0.6) is 0 Å². The summed E-state index contributed by atoms with van der Waals surface area (Å²) >= 11 is 6.30. The van der Waals surface area contributed by atoms with E-state index in [1.807, 2.05) is 48.7 Å². The predicted molar refractivity (Wildman–Crippen MR) is 104 cm³/mol. The fourth-order valence-corrected chi connectivity index (χ4v) is 3.79. The lowest BCUT2D eigenvalue weighted by atomic mass is 10.0. The molecular weight excluding hydrogens is 338 g/mol. The Bertz CT molecular complexity index is 1020. The Morgan fingerprint density at radius 3 is 2.79 bits per heavy atom. The Balaban J connectivity index is 1.75. The van der Waals surface area contributed by atoms with Crippen molar-refractivity contribution >= 4 is 56.9 Å². The highest BCUT2D eigenvalue weighted by Gasteiger charge is 2.21. The lowest BCUT2D eigenvalue weighted by Crippen LogP contribution is -2.17. The third-order valence-corrected chi connectivity index (χ3v) is 5.01. The van der Waals surface area contributed by atoms with E-state index >= 15 is 0 Å². The second kappa shape index (κ2) is 5.81. The number of H-pyrrole nitrogens is 1. The maximum absolute atomic E-state index is 11.8. The van der Waals surface area contributed by atoms with Gasteiger partial charge in [-0.05, 0) is 47.0 Å². The number of nitrogens with two attached hydrogens (primary N) is 1. The van der Waals surface area contributed by atoms with Gasteiger partial charge in [-0.2, -0.15) is 0 Å². The Morgan fingerprint density at radius 1 is 1.12 bits per heavy atom. The zero-order chi connectivity index (χ0) is 16.7. The van der Waals surface area contributed by atoms with Gasteiger partial charge in [0.25, 0.3) is 5.91 Å². The molecule has 24 heavy (non-hydrogen) atoms. The molecule has 0 aliphatic carbocycles.